The number of hydrogen-bond donors (Lipinski definition) is 1. The summed E-state index contributed by atoms with van der Waals surface area (Å²) in [5.41, 5.74) is 1.86. The Kier molecular flexibility index (Phi) is 5.78. The zero-order valence-electron chi connectivity index (χ0n) is 14.6. The highest BCUT2D eigenvalue weighted by Gasteiger charge is 2.34. The number of methoxy groups -OCH3 is 1. The van der Waals surface area contributed by atoms with E-state index in [1.165, 1.54) is 0 Å². The maximum absolute atomic E-state index is 12.4. The Morgan fingerprint density at radius 2 is 2.04 bits per heavy atom. The number of nitrogens with one attached hydrogen (secondary N) is 1. The van der Waals surface area contributed by atoms with Gasteiger partial charge in [-0.1, -0.05) is 23.7 Å². The van der Waals surface area contributed by atoms with Gasteiger partial charge in [-0.3, -0.25) is 9.59 Å². The number of benzene rings is 2. The molecule has 2 aromatic rings. The normalized spacial score (nSPS) is 16.6. The van der Waals surface area contributed by atoms with Crippen LogP contribution < -0.4 is 15.0 Å². The molecule has 136 valence electrons. The molecule has 2 amide bonds. The van der Waals surface area contributed by atoms with E-state index in [9.17, 15) is 9.59 Å². The van der Waals surface area contributed by atoms with Gasteiger partial charge in [0, 0.05) is 30.2 Å². The first-order chi connectivity index (χ1) is 12.6. The van der Waals surface area contributed by atoms with Gasteiger partial charge in [-0.15, -0.1) is 0 Å². The van der Waals surface area contributed by atoms with Crippen molar-refractivity contribution < 1.29 is 14.3 Å². The minimum Gasteiger partial charge on any atom is -0.497 e. The third-order valence-electron chi connectivity index (χ3n) is 4.48. The highest BCUT2D eigenvalue weighted by Crippen LogP contribution is 2.26. The molecule has 1 unspecified atom stereocenters. The second-order valence-electron chi connectivity index (χ2n) is 6.27. The van der Waals surface area contributed by atoms with Crippen LogP contribution >= 0.6 is 11.6 Å². The summed E-state index contributed by atoms with van der Waals surface area (Å²) in [6.45, 7) is 0.920. The van der Waals surface area contributed by atoms with Crippen LogP contribution in [-0.2, 0) is 16.0 Å². The van der Waals surface area contributed by atoms with Crippen molar-refractivity contribution >= 4 is 29.1 Å². The summed E-state index contributed by atoms with van der Waals surface area (Å²) < 4.78 is 5.20. The Balaban J connectivity index is 1.52. The molecule has 0 saturated carbocycles. The van der Waals surface area contributed by atoms with E-state index in [2.05, 4.69) is 5.32 Å². The van der Waals surface area contributed by atoms with Crippen molar-refractivity contribution in [1.29, 1.82) is 0 Å². The van der Waals surface area contributed by atoms with E-state index in [1.54, 1.807) is 36.3 Å². The summed E-state index contributed by atoms with van der Waals surface area (Å²) in [6.07, 6.45) is 0.943. The lowest BCUT2D eigenvalue weighted by atomic mass is 10.1. The molecule has 1 atom stereocenters. The number of hydrogen-bond acceptors (Lipinski definition) is 3. The van der Waals surface area contributed by atoms with Crippen LogP contribution in [0.1, 0.15) is 12.0 Å². The number of rotatable bonds is 6. The third kappa shape index (κ3) is 4.35. The van der Waals surface area contributed by atoms with Crippen molar-refractivity contribution in [3.05, 3.63) is 59.1 Å². The Morgan fingerprint density at radius 1 is 1.27 bits per heavy atom. The van der Waals surface area contributed by atoms with E-state index >= 15 is 0 Å². The Hall–Kier alpha value is -2.53. The Morgan fingerprint density at radius 3 is 2.77 bits per heavy atom. The van der Waals surface area contributed by atoms with E-state index in [1.807, 2.05) is 24.3 Å². The van der Waals surface area contributed by atoms with Crippen molar-refractivity contribution in [2.24, 2.45) is 5.92 Å². The average Bonchev–Trinajstić information content (AvgIpc) is 3.04. The van der Waals surface area contributed by atoms with Crippen LogP contribution in [0.4, 0.5) is 5.69 Å². The summed E-state index contributed by atoms with van der Waals surface area (Å²) in [6, 6.07) is 14.8. The monoisotopic (exact) mass is 372 g/mol. The first-order valence-corrected chi connectivity index (χ1v) is 8.91. The van der Waals surface area contributed by atoms with Gasteiger partial charge in [0.05, 0.1) is 13.0 Å². The molecule has 2 aromatic carbocycles. The molecule has 1 fully saturated rings. The summed E-state index contributed by atoms with van der Waals surface area (Å²) in [4.78, 5) is 26.3. The summed E-state index contributed by atoms with van der Waals surface area (Å²) >= 11 is 5.89. The van der Waals surface area contributed by atoms with Gasteiger partial charge in [-0.05, 0) is 48.4 Å². The van der Waals surface area contributed by atoms with Gasteiger partial charge < -0.3 is 15.0 Å². The lowest BCUT2D eigenvalue weighted by Crippen LogP contribution is -2.34. The third-order valence-corrected chi connectivity index (χ3v) is 4.73. The minimum absolute atomic E-state index is 0.0414. The number of amides is 2. The smallest absolute Gasteiger partial charge is 0.227 e. The molecule has 0 aromatic heterocycles. The molecule has 5 nitrogen and oxygen atoms in total. The van der Waals surface area contributed by atoms with Gasteiger partial charge in [0.25, 0.3) is 0 Å². The van der Waals surface area contributed by atoms with Crippen LogP contribution in [0, 0.1) is 5.92 Å². The zero-order chi connectivity index (χ0) is 18.5. The zero-order valence-corrected chi connectivity index (χ0v) is 15.3. The van der Waals surface area contributed by atoms with E-state index in [0.29, 0.717) is 24.5 Å². The molecule has 1 aliphatic heterocycles. The van der Waals surface area contributed by atoms with Gasteiger partial charge in [0.15, 0.2) is 0 Å². The topological polar surface area (TPSA) is 58.6 Å². The lowest BCUT2D eigenvalue weighted by molar-refractivity contribution is -0.126. The molecule has 0 spiro atoms. The van der Waals surface area contributed by atoms with E-state index in [-0.39, 0.29) is 24.2 Å². The molecule has 1 heterocycles. The van der Waals surface area contributed by atoms with Crippen molar-refractivity contribution in [2.45, 2.75) is 12.8 Å². The highest BCUT2D eigenvalue weighted by molar-refractivity contribution is 6.30. The summed E-state index contributed by atoms with van der Waals surface area (Å²) in [7, 11) is 1.63. The number of carbonyl (C=O) groups is 2. The fourth-order valence-electron chi connectivity index (χ4n) is 3.06. The quantitative estimate of drug-likeness (QED) is 0.847. The van der Waals surface area contributed by atoms with Crippen molar-refractivity contribution in [3.63, 3.8) is 0 Å². The molecule has 1 saturated heterocycles. The first kappa shape index (κ1) is 18.3. The second kappa shape index (κ2) is 8.23. The molecular weight excluding hydrogens is 352 g/mol. The first-order valence-electron chi connectivity index (χ1n) is 8.53. The molecule has 3 rings (SSSR count). The van der Waals surface area contributed by atoms with E-state index in [0.717, 1.165) is 17.0 Å². The molecule has 0 radical (unpaired) electrons. The number of halogens is 1. The molecule has 6 heteroatoms. The molecular formula is C20H21ClN2O3. The van der Waals surface area contributed by atoms with Gasteiger partial charge in [-0.2, -0.15) is 0 Å². The standard InChI is InChI=1S/C20H21ClN2O3/c1-26-18-4-2-3-14(11-18)9-10-22-20(25)15-12-19(24)23(13-15)17-7-5-16(21)6-8-17/h2-8,11,15H,9-10,12-13H2,1H3,(H,22,25). The maximum atomic E-state index is 12.4. The average molecular weight is 373 g/mol. The van der Waals surface area contributed by atoms with Gasteiger partial charge in [0.2, 0.25) is 11.8 Å². The lowest BCUT2D eigenvalue weighted by Gasteiger charge is -2.16. The molecule has 0 bridgehead atoms. The predicted octanol–water partition coefficient (Wildman–Crippen LogP) is 3.06. The highest BCUT2D eigenvalue weighted by atomic mass is 35.5. The van der Waals surface area contributed by atoms with Crippen molar-refractivity contribution in [2.75, 3.05) is 25.1 Å². The van der Waals surface area contributed by atoms with Crippen LogP contribution in [0.15, 0.2) is 48.5 Å². The minimum atomic E-state index is -0.330. The fraction of sp³-hybridized carbons (Fsp3) is 0.300. The van der Waals surface area contributed by atoms with Gasteiger partial charge >= 0.3 is 0 Å². The van der Waals surface area contributed by atoms with Crippen LogP contribution in [0.5, 0.6) is 5.75 Å². The second-order valence-corrected chi connectivity index (χ2v) is 6.71. The molecule has 26 heavy (non-hydrogen) atoms. The fourth-order valence-corrected chi connectivity index (χ4v) is 3.18. The van der Waals surface area contributed by atoms with Crippen LogP contribution in [0.3, 0.4) is 0 Å². The summed E-state index contributed by atoms with van der Waals surface area (Å²) in [5, 5.41) is 3.55. The van der Waals surface area contributed by atoms with Gasteiger partial charge in [0.1, 0.15) is 5.75 Å². The predicted molar refractivity (Wildman–Crippen MR) is 102 cm³/mol. The van der Waals surface area contributed by atoms with E-state index < -0.39 is 0 Å². The largest absolute Gasteiger partial charge is 0.497 e. The van der Waals surface area contributed by atoms with Crippen molar-refractivity contribution in [3.8, 4) is 5.75 Å². The van der Waals surface area contributed by atoms with Crippen LogP contribution in [0.25, 0.3) is 0 Å². The number of nitrogens with zero attached hydrogens (tertiary/aromatic N) is 1. The maximum Gasteiger partial charge on any atom is 0.227 e. The van der Waals surface area contributed by atoms with Crippen LogP contribution in [0.2, 0.25) is 5.02 Å². The number of carbonyl (C=O) groups excluding carboxylic acids is 2. The molecule has 1 N–H and O–H groups in total. The number of anilines is 1. The van der Waals surface area contributed by atoms with Gasteiger partial charge in [-0.25, -0.2) is 0 Å². The van der Waals surface area contributed by atoms with Crippen molar-refractivity contribution in [1.82, 2.24) is 5.32 Å². The number of ether oxygens (including phenoxy) is 1. The van der Waals surface area contributed by atoms with E-state index in [4.69, 9.17) is 16.3 Å². The SMILES string of the molecule is COc1cccc(CCNC(=O)C2CC(=O)N(c3ccc(Cl)cc3)C2)c1. The van der Waals surface area contributed by atoms with Crippen LogP contribution in [-0.4, -0.2) is 32.0 Å². The summed E-state index contributed by atoms with van der Waals surface area (Å²) in [5.74, 6) is 0.343. The molecule has 0 aliphatic carbocycles. The Bertz CT molecular complexity index is 792. The molecule has 1 aliphatic rings. The Labute approximate surface area is 157 Å².